The highest BCUT2D eigenvalue weighted by molar-refractivity contribution is 5.44. The van der Waals surface area contributed by atoms with Crippen LogP contribution in [0.3, 0.4) is 0 Å². The van der Waals surface area contributed by atoms with Crippen molar-refractivity contribution in [3.8, 4) is 5.75 Å². The van der Waals surface area contributed by atoms with Crippen molar-refractivity contribution in [1.29, 1.82) is 0 Å². The van der Waals surface area contributed by atoms with E-state index in [0.717, 1.165) is 30.8 Å². The minimum atomic E-state index is -0.525. The van der Waals surface area contributed by atoms with Gasteiger partial charge < -0.3 is 14.6 Å². The average Bonchev–Trinajstić information content (AvgIpc) is 2.37. The molecule has 3 heteroatoms. The SMILES string of the molecule is COCC(C)C(O)c1cccc2c1OCCC2. The first-order valence-corrected chi connectivity index (χ1v) is 6.15. The van der Waals surface area contributed by atoms with Crippen molar-refractivity contribution in [2.24, 2.45) is 5.92 Å². The lowest BCUT2D eigenvalue weighted by atomic mass is 9.93. The van der Waals surface area contributed by atoms with Crippen LogP contribution >= 0.6 is 0 Å². The Morgan fingerprint density at radius 2 is 2.29 bits per heavy atom. The molecular formula is C14H20O3. The van der Waals surface area contributed by atoms with Gasteiger partial charge in [-0.05, 0) is 18.4 Å². The van der Waals surface area contributed by atoms with Gasteiger partial charge in [0, 0.05) is 18.6 Å². The molecule has 0 aromatic heterocycles. The number of fused-ring (bicyclic) bond motifs is 1. The molecule has 2 rings (SSSR count). The minimum absolute atomic E-state index is 0.0667. The Hall–Kier alpha value is -1.06. The molecule has 0 fully saturated rings. The van der Waals surface area contributed by atoms with Gasteiger partial charge in [0.05, 0.1) is 19.3 Å². The summed E-state index contributed by atoms with van der Waals surface area (Å²) >= 11 is 0. The molecule has 0 saturated heterocycles. The summed E-state index contributed by atoms with van der Waals surface area (Å²) in [6.07, 6.45) is 1.57. The average molecular weight is 236 g/mol. The van der Waals surface area contributed by atoms with Crippen LogP contribution < -0.4 is 4.74 Å². The van der Waals surface area contributed by atoms with E-state index in [2.05, 4.69) is 6.07 Å². The first kappa shape index (κ1) is 12.4. The predicted octanol–water partition coefficient (Wildman–Crippen LogP) is 2.33. The number of benzene rings is 1. The Bertz CT molecular complexity index is 376. The van der Waals surface area contributed by atoms with Gasteiger partial charge in [-0.3, -0.25) is 0 Å². The summed E-state index contributed by atoms with van der Waals surface area (Å²) < 4.78 is 10.8. The topological polar surface area (TPSA) is 38.7 Å². The molecule has 1 aliphatic heterocycles. The second-order valence-corrected chi connectivity index (χ2v) is 4.66. The van der Waals surface area contributed by atoms with Gasteiger partial charge in [0.15, 0.2) is 0 Å². The summed E-state index contributed by atoms with van der Waals surface area (Å²) in [5, 5.41) is 10.3. The Labute approximate surface area is 102 Å². The maximum absolute atomic E-state index is 10.3. The molecule has 1 aromatic rings. The Morgan fingerprint density at radius 1 is 1.47 bits per heavy atom. The third kappa shape index (κ3) is 2.61. The summed E-state index contributed by atoms with van der Waals surface area (Å²) in [7, 11) is 1.65. The molecule has 1 heterocycles. The van der Waals surface area contributed by atoms with Crippen molar-refractivity contribution in [3.05, 3.63) is 29.3 Å². The van der Waals surface area contributed by atoms with Gasteiger partial charge in [-0.1, -0.05) is 25.1 Å². The maximum Gasteiger partial charge on any atom is 0.128 e. The van der Waals surface area contributed by atoms with Gasteiger partial charge >= 0.3 is 0 Å². The highest BCUT2D eigenvalue weighted by atomic mass is 16.5. The van der Waals surface area contributed by atoms with Gasteiger partial charge in [-0.25, -0.2) is 0 Å². The first-order chi connectivity index (χ1) is 8.24. The van der Waals surface area contributed by atoms with Gasteiger partial charge in [0.2, 0.25) is 0 Å². The Morgan fingerprint density at radius 3 is 3.06 bits per heavy atom. The standard InChI is InChI=1S/C14H20O3/c1-10(9-16-2)13(15)12-7-3-5-11-6-4-8-17-14(11)12/h3,5,7,10,13,15H,4,6,8-9H2,1-2H3. The molecule has 0 amide bonds. The van der Waals surface area contributed by atoms with Crippen molar-refractivity contribution in [2.45, 2.75) is 25.9 Å². The minimum Gasteiger partial charge on any atom is -0.493 e. The molecule has 1 aliphatic rings. The van der Waals surface area contributed by atoms with Gasteiger partial charge in [-0.2, -0.15) is 0 Å². The monoisotopic (exact) mass is 236 g/mol. The van der Waals surface area contributed by atoms with Gasteiger partial charge in [0.1, 0.15) is 5.75 Å². The maximum atomic E-state index is 10.3. The molecule has 2 atom stereocenters. The lowest BCUT2D eigenvalue weighted by Crippen LogP contribution is -2.18. The fourth-order valence-electron chi connectivity index (χ4n) is 2.31. The van der Waals surface area contributed by atoms with Crippen molar-refractivity contribution in [2.75, 3.05) is 20.3 Å². The Kier molecular flexibility index (Phi) is 4.02. The first-order valence-electron chi connectivity index (χ1n) is 6.15. The molecule has 94 valence electrons. The zero-order valence-corrected chi connectivity index (χ0v) is 10.5. The highest BCUT2D eigenvalue weighted by Crippen LogP contribution is 2.35. The fourth-order valence-corrected chi connectivity index (χ4v) is 2.31. The van der Waals surface area contributed by atoms with Crippen LogP contribution in [0, 0.1) is 5.92 Å². The number of aliphatic hydroxyl groups excluding tert-OH is 1. The zero-order valence-electron chi connectivity index (χ0n) is 10.5. The smallest absolute Gasteiger partial charge is 0.128 e. The number of hydrogen-bond acceptors (Lipinski definition) is 3. The second kappa shape index (κ2) is 5.52. The molecule has 0 bridgehead atoms. The van der Waals surface area contributed by atoms with E-state index in [0.29, 0.717) is 6.61 Å². The molecule has 0 saturated carbocycles. The van der Waals surface area contributed by atoms with Crippen molar-refractivity contribution in [1.82, 2.24) is 0 Å². The predicted molar refractivity (Wildman–Crippen MR) is 66.3 cm³/mol. The van der Waals surface area contributed by atoms with E-state index >= 15 is 0 Å². The molecule has 0 spiro atoms. The van der Waals surface area contributed by atoms with E-state index in [1.54, 1.807) is 7.11 Å². The summed E-state index contributed by atoms with van der Waals surface area (Å²) in [5.74, 6) is 0.950. The summed E-state index contributed by atoms with van der Waals surface area (Å²) in [4.78, 5) is 0. The number of aryl methyl sites for hydroxylation is 1. The largest absolute Gasteiger partial charge is 0.493 e. The molecule has 17 heavy (non-hydrogen) atoms. The van der Waals surface area contributed by atoms with Crippen LogP contribution in [0.5, 0.6) is 5.75 Å². The summed E-state index contributed by atoms with van der Waals surface area (Å²) in [5.41, 5.74) is 2.10. The Balaban J connectivity index is 2.25. The number of aliphatic hydroxyl groups is 1. The lowest BCUT2D eigenvalue weighted by molar-refractivity contribution is 0.0543. The highest BCUT2D eigenvalue weighted by Gasteiger charge is 2.23. The van der Waals surface area contributed by atoms with Crippen LogP contribution in [0.4, 0.5) is 0 Å². The molecule has 0 aliphatic carbocycles. The number of hydrogen-bond donors (Lipinski definition) is 1. The van der Waals surface area contributed by atoms with Crippen LogP contribution in [0.25, 0.3) is 0 Å². The van der Waals surface area contributed by atoms with E-state index in [-0.39, 0.29) is 5.92 Å². The molecule has 1 aromatic carbocycles. The summed E-state index contributed by atoms with van der Waals surface area (Å²) in [6, 6.07) is 6.01. The van der Waals surface area contributed by atoms with Crippen molar-refractivity contribution >= 4 is 0 Å². The quantitative estimate of drug-likeness (QED) is 0.872. The number of rotatable bonds is 4. The number of methoxy groups -OCH3 is 1. The zero-order chi connectivity index (χ0) is 12.3. The molecule has 0 radical (unpaired) electrons. The molecular weight excluding hydrogens is 216 g/mol. The van der Waals surface area contributed by atoms with Crippen molar-refractivity contribution < 1.29 is 14.6 Å². The third-order valence-corrected chi connectivity index (χ3v) is 3.25. The van der Waals surface area contributed by atoms with E-state index in [4.69, 9.17) is 9.47 Å². The lowest BCUT2D eigenvalue weighted by Gasteiger charge is -2.25. The molecule has 1 N–H and O–H groups in total. The molecule has 2 unspecified atom stereocenters. The van der Waals surface area contributed by atoms with Crippen LogP contribution in [0.2, 0.25) is 0 Å². The fraction of sp³-hybridized carbons (Fsp3) is 0.571. The van der Waals surface area contributed by atoms with E-state index < -0.39 is 6.10 Å². The van der Waals surface area contributed by atoms with Gasteiger partial charge in [-0.15, -0.1) is 0 Å². The summed E-state index contributed by atoms with van der Waals surface area (Å²) in [6.45, 7) is 3.27. The van der Waals surface area contributed by atoms with Gasteiger partial charge in [0.25, 0.3) is 0 Å². The van der Waals surface area contributed by atoms with Crippen LogP contribution in [0.1, 0.15) is 30.6 Å². The molecule has 3 nitrogen and oxygen atoms in total. The van der Waals surface area contributed by atoms with E-state index in [9.17, 15) is 5.11 Å². The number of ether oxygens (including phenoxy) is 2. The van der Waals surface area contributed by atoms with E-state index in [1.165, 1.54) is 5.56 Å². The van der Waals surface area contributed by atoms with Crippen LogP contribution in [0.15, 0.2) is 18.2 Å². The van der Waals surface area contributed by atoms with Crippen LogP contribution in [-0.2, 0) is 11.2 Å². The van der Waals surface area contributed by atoms with E-state index in [1.807, 2.05) is 19.1 Å². The van der Waals surface area contributed by atoms with Crippen LogP contribution in [-0.4, -0.2) is 25.4 Å². The normalized spacial score (nSPS) is 18.1. The third-order valence-electron chi connectivity index (χ3n) is 3.25. The van der Waals surface area contributed by atoms with Crippen molar-refractivity contribution in [3.63, 3.8) is 0 Å². The second-order valence-electron chi connectivity index (χ2n) is 4.66. The number of para-hydroxylation sites is 1.